The average Bonchev–Trinajstić information content (AvgIpc) is 3.07. The summed E-state index contributed by atoms with van der Waals surface area (Å²) in [7, 11) is 0. The first-order valence-electron chi connectivity index (χ1n) is 8.83. The summed E-state index contributed by atoms with van der Waals surface area (Å²) >= 11 is 12.1. The van der Waals surface area contributed by atoms with Crippen molar-refractivity contribution in [2.45, 2.75) is 6.61 Å². The Kier molecular flexibility index (Phi) is 5.65. The normalized spacial score (nSPS) is 14.6. The summed E-state index contributed by atoms with van der Waals surface area (Å²) in [6.45, 7) is 0.459. The zero-order valence-electron chi connectivity index (χ0n) is 15.1. The van der Waals surface area contributed by atoms with Gasteiger partial charge in [0, 0.05) is 5.02 Å². The third-order valence-electron chi connectivity index (χ3n) is 4.19. The van der Waals surface area contributed by atoms with E-state index in [-0.39, 0.29) is 11.6 Å². The van der Waals surface area contributed by atoms with Crippen LogP contribution in [-0.2, 0) is 16.1 Å². The molecule has 3 aromatic carbocycles. The van der Waals surface area contributed by atoms with Gasteiger partial charge in [0.1, 0.15) is 12.4 Å². The van der Waals surface area contributed by atoms with Crippen molar-refractivity contribution in [1.82, 2.24) is 0 Å². The Bertz CT molecular complexity index is 1120. The van der Waals surface area contributed by atoms with Crippen LogP contribution in [0.25, 0.3) is 6.08 Å². The maximum atomic E-state index is 12.2. The zero-order valence-corrected chi connectivity index (χ0v) is 16.7. The van der Waals surface area contributed by atoms with Gasteiger partial charge in [0.15, 0.2) is 5.70 Å². The van der Waals surface area contributed by atoms with Gasteiger partial charge in [-0.25, -0.2) is 9.79 Å². The van der Waals surface area contributed by atoms with Gasteiger partial charge in [0.05, 0.1) is 10.6 Å². The van der Waals surface area contributed by atoms with Gasteiger partial charge in [0.25, 0.3) is 0 Å². The second-order valence-electron chi connectivity index (χ2n) is 6.31. The van der Waals surface area contributed by atoms with Crippen molar-refractivity contribution in [1.29, 1.82) is 0 Å². The van der Waals surface area contributed by atoms with Crippen LogP contribution in [0.1, 0.15) is 16.7 Å². The Balaban J connectivity index is 1.54. The molecule has 0 saturated carbocycles. The molecule has 1 aliphatic heterocycles. The lowest BCUT2D eigenvalue weighted by atomic mass is 10.2. The lowest BCUT2D eigenvalue weighted by Crippen LogP contribution is -2.05. The molecule has 0 aliphatic carbocycles. The molecule has 0 saturated heterocycles. The number of carbonyl (C=O) groups excluding carboxylic acids is 1. The van der Waals surface area contributed by atoms with Crippen LogP contribution in [0, 0.1) is 0 Å². The molecule has 29 heavy (non-hydrogen) atoms. The van der Waals surface area contributed by atoms with E-state index >= 15 is 0 Å². The van der Waals surface area contributed by atoms with Crippen LogP contribution >= 0.6 is 23.2 Å². The second-order valence-corrected chi connectivity index (χ2v) is 7.15. The summed E-state index contributed by atoms with van der Waals surface area (Å²) in [4.78, 5) is 16.5. The van der Waals surface area contributed by atoms with E-state index in [9.17, 15) is 4.79 Å². The number of ether oxygens (including phenoxy) is 2. The Morgan fingerprint density at radius 1 is 0.966 bits per heavy atom. The van der Waals surface area contributed by atoms with Gasteiger partial charge in [-0.3, -0.25) is 0 Å². The number of cyclic esters (lactones) is 1. The molecule has 0 fully saturated rings. The fraction of sp³-hybridized carbons (Fsp3) is 0.0435. The fourth-order valence-electron chi connectivity index (χ4n) is 2.78. The number of nitrogens with zero attached hydrogens (tertiary/aromatic N) is 1. The monoisotopic (exact) mass is 423 g/mol. The minimum atomic E-state index is -0.540. The summed E-state index contributed by atoms with van der Waals surface area (Å²) < 4.78 is 11.1. The van der Waals surface area contributed by atoms with Gasteiger partial charge in [0.2, 0.25) is 5.90 Å². The van der Waals surface area contributed by atoms with Crippen LogP contribution in [0.15, 0.2) is 83.5 Å². The highest BCUT2D eigenvalue weighted by atomic mass is 35.5. The predicted molar refractivity (Wildman–Crippen MR) is 114 cm³/mol. The van der Waals surface area contributed by atoms with Crippen molar-refractivity contribution in [3.63, 3.8) is 0 Å². The molecule has 0 bridgehead atoms. The first kappa shape index (κ1) is 19.2. The van der Waals surface area contributed by atoms with Gasteiger partial charge in [-0.1, -0.05) is 65.7 Å². The number of benzene rings is 3. The Morgan fingerprint density at radius 2 is 1.79 bits per heavy atom. The molecule has 0 amide bonds. The predicted octanol–water partition coefficient (Wildman–Crippen LogP) is 5.92. The highest BCUT2D eigenvalue weighted by Gasteiger charge is 2.25. The van der Waals surface area contributed by atoms with Gasteiger partial charge < -0.3 is 9.47 Å². The maximum Gasteiger partial charge on any atom is 0.363 e. The largest absolute Gasteiger partial charge is 0.489 e. The summed E-state index contributed by atoms with van der Waals surface area (Å²) in [6.07, 6.45) is 1.65. The van der Waals surface area contributed by atoms with Crippen LogP contribution < -0.4 is 4.74 Å². The minimum absolute atomic E-state index is 0.152. The smallest absolute Gasteiger partial charge is 0.363 e. The highest BCUT2D eigenvalue weighted by molar-refractivity contribution is 6.37. The summed E-state index contributed by atoms with van der Waals surface area (Å²) in [5.74, 6) is 0.306. The summed E-state index contributed by atoms with van der Waals surface area (Å²) in [5.41, 5.74) is 2.54. The average molecular weight is 424 g/mol. The van der Waals surface area contributed by atoms with E-state index in [0.717, 1.165) is 11.1 Å². The molecule has 3 aromatic rings. The number of halogens is 2. The standard InChI is InChI=1S/C23H15Cl2NO3/c24-17-9-10-19(20(25)13-17)22-26-21(23(27)29-22)12-16-7-4-8-18(11-16)28-14-15-5-2-1-3-6-15/h1-13H,14H2. The minimum Gasteiger partial charge on any atom is -0.489 e. The third-order valence-corrected chi connectivity index (χ3v) is 4.74. The molecule has 1 heterocycles. The molecule has 0 atom stereocenters. The lowest BCUT2D eigenvalue weighted by Gasteiger charge is -2.07. The lowest BCUT2D eigenvalue weighted by molar-refractivity contribution is -0.129. The molecule has 6 heteroatoms. The SMILES string of the molecule is O=C1OC(c2ccc(Cl)cc2Cl)=NC1=Cc1cccc(OCc2ccccc2)c1. The van der Waals surface area contributed by atoms with E-state index < -0.39 is 5.97 Å². The molecule has 1 aliphatic rings. The third kappa shape index (κ3) is 4.67. The number of carbonyl (C=O) groups is 1. The van der Waals surface area contributed by atoms with E-state index in [1.54, 1.807) is 24.3 Å². The van der Waals surface area contributed by atoms with Crippen molar-refractivity contribution < 1.29 is 14.3 Å². The molecule has 0 N–H and O–H groups in total. The molecular formula is C23H15Cl2NO3. The van der Waals surface area contributed by atoms with Crippen molar-refractivity contribution in [3.8, 4) is 5.75 Å². The van der Waals surface area contributed by atoms with Crippen LogP contribution in [0.5, 0.6) is 5.75 Å². The van der Waals surface area contributed by atoms with Crippen molar-refractivity contribution in [3.05, 3.63) is 105 Å². The molecule has 0 radical (unpaired) electrons. The first-order valence-corrected chi connectivity index (χ1v) is 9.59. The number of hydrogen-bond donors (Lipinski definition) is 0. The molecule has 4 nitrogen and oxygen atoms in total. The number of hydrogen-bond acceptors (Lipinski definition) is 4. The van der Waals surface area contributed by atoms with Gasteiger partial charge in [-0.15, -0.1) is 0 Å². The van der Waals surface area contributed by atoms with E-state index in [0.29, 0.717) is 28.0 Å². The van der Waals surface area contributed by atoms with E-state index in [2.05, 4.69) is 4.99 Å². The van der Waals surface area contributed by atoms with E-state index in [1.165, 1.54) is 0 Å². The zero-order chi connectivity index (χ0) is 20.2. The topological polar surface area (TPSA) is 47.9 Å². The number of aliphatic imine (C=N–C) groups is 1. The van der Waals surface area contributed by atoms with E-state index in [4.69, 9.17) is 32.7 Å². The van der Waals surface area contributed by atoms with Crippen LogP contribution in [-0.4, -0.2) is 11.9 Å². The van der Waals surface area contributed by atoms with Crippen LogP contribution in [0.3, 0.4) is 0 Å². The second kappa shape index (κ2) is 8.52. The summed E-state index contributed by atoms with van der Waals surface area (Å²) in [5, 5.41) is 0.855. The Labute approximate surface area is 178 Å². The van der Waals surface area contributed by atoms with Gasteiger partial charge in [-0.2, -0.15) is 0 Å². The van der Waals surface area contributed by atoms with Crippen LogP contribution in [0.2, 0.25) is 10.0 Å². The van der Waals surface area contributed by atoms with Crippen molar-refractivity contribution in [2.24, 2.45) is 4.99 Å². The number of rotatable bonds is 5. The van der Waals surface area contributed by atoms with Gasteiger partial charge >= 0.3 is 5.97 Å². The van der Waals surface area contributed by atoms with Gasteiger partial charge in [-0.05, 0) is 47.5 Å². The van der Waals surface area contributed by atoms with E-state index in [1.807, 2.05) is 54.6 Å². The fourth-order valence-corrected chi connectivity index (χ4v) is 3.27. The quantitative estimate of drug-likeness (QED) is 0.378. The maximum absolute atomic E-state index is 12.2. The molecule has 0 aromatic heterocycles. The van der Waals surface area contributed by atoms with Crippen molar-refractivity contribution in [2.75, 3.05) is 0 Å². The molecule has 144 valence electrons. The Hall–Kier alpha value is -3.08. The van der Waals surface area contributed by atoms with Crippen molar-refractivity contribution >= 4 is 41.1 Å². The molecule has 0 unspecified atom stereocenters. The Morgan fingerprint density at radius 3 is 2.59 bits per heavy atom. The summed E-state index contributed by atoms with van der Waals surface area (Å²) in [6, 6.07) is 22.2. The molecular weight excluding hydrogens is 409 g/mol. The highest BCUT2D eigenvalue weighted by Crippen LogP contribution is 2.26. The molecule has 4 rings (SSSR count). The first-order chi connectivity index (χ1) is 14.1. The number of esters is 1. The van der Waals surface area contributed by atoms with Crippen LogP contribution in [0.4, 0.5) is 0 Å². The molecule has 0 spiro atoms.